The highest BCUT2D eigenvalue weighted by molar-refractivity contribution is 5.69. The third kappa shape index (κ3) is 6.36. The van der Waals surface area contributed by atoms with Gasteiger partial charge in [0.2, 0.25) is 0 Å². The van der Waals surface area contributed by atoms with Gasteiger partial charge >= 0.3 is 5.97 Å². The zero-order valence-electron chi connectivity index (χ0n) is 11.9. The van der Waals surface area contributed by atoms with E-state index in [-0.39, 0.29) is 12.1 Å². The molecule has 0 aromatic rings. The third-order valence-corrected chi connectivity index (χ3v) is 2.98. The molecule has 1 saturated heterocycles. The lowest BCUT2D eigenvalue weighted by molar-refractivity contribution is -0.158. The van der Waals surface area contributed by atoms with Crippen LogP contribution in [0.15, 0.2) is 0 Å². The van der Waals surface area contributed by atoms with Crippen molar-refractivity contribution in [3.05, 3.63) is 0 Å². The van der Waals surface area contributed by atoms with Crippen LogP contribution in [0, 0.1) is 0 Å². The molecule has 1 unspecified atom stereocenters. The van der Waals surface area contributed by atoms with Gasteiger partial charge in [0.25, 0.3) is 0 Å². The summed E-state index contributed by atoms with van der Waals surface area (Å²) in [6, 6.07) is 0. The Hall–Kier alpha value is -0.610. The van der Waals surface area contributed by atoms with Crippen molar-refractivity contribution in [2.45, 2.75) is 71.2 Å². The van der Waals surface area contributed by atoms with E-state index in [1.807, 2.05) is 13.8 Å². The zero-order chi connectivity index (χ0) is 13.4. The fourth-order valence-electron chi connectivity index (χ4n) is 1.98. The number of rotatable bonds is 8. The average molecular weight is 258 g/mol. The van der Waals surface area contributed by atoms with Crippen LogP contribution in [0.25, 0.3) is 0 Å². The highest BCUT2D eigenvalue weighted by Crippen LogP contribution is 2.22. The van der Waals surface area contributed by atoms with Gasteiger partial charge < -0.3 is 14.2 Å². The van der Waals surface area contributed by atoms with Crippen molar-refractivity contribution in [2.24, 2.45) is 0 Å². The molecule has 0 bridgehead atoms. The number of ether oxygens (including phenoxy) is 3. The van der Waals surface area contributed by atoms with Crippen molar-refractivity contribution in [3.63, 3.8) is 0 Å². The maximum atomic E-state index is 11.5. The number of esters is 1. The van der Waals surface area contributed by atoms with Crippen molar-refractivity contribution in [3.8, 4) is 0 Å². The lowest BCUT2D eigenvalue weighted by Crippen LogP contribution is -2.25. The molecule has 0 aliphatic carbocycles. The molecule has 18 heavy (non-hydrogen) atoms. The summed E-state index contributed by atoms with van der Waals surface area (Å²) in [7, 11) is 0. The molecule has 1 aliphatic rings. The van der Waals surface area contributed by atoms with Crippen molar-refractivity contribution in [1.29, 1.82) is 0 Å². The molecule has 1 atom stereocenters. The number of carbonyl (C=O) groups is 1. The molecule has 0 amide bonds. The first-order valence-corrected chi connectivity index (χ1v) is 7.01. The minimum absolute atomic E-state index is 0.121. The molecule has 1 fully saturated rings. The quantitative estimate of drug-likeness (QED) is 0.496. The predicted octanol–water partition coefficient (Wildman–Crippen LogP) is 3.04. The zero-order valence-corrected chi connectivity index (χ0v) is 11.9. The van der Waals surface area contributed by atoms with E-state index in [2.05, 4.69) is 6.92 Å². The normalized spacial score (nSPS) is 22.1. The highest BCUT2D eigenvalue weighted by atomic mass is 16.7. The topological polar surface area (TPSA) is 44.8 Å². The smallest absolute Gasteiger partial charge is 0.305 e. The van der Waals surface area contributed by atoms with E-state index >= 15 is 0 Å². The van der Waals surface area contributed by atoms with Crippen LogP contribution in [0.3, 0.4) is 0 Å². The van der Waals surface area contributed by atoms with Gasteiger partial charge in [-0.25, -0.2) is 0 Å². The summed E-state index contributed by atoms with van der Waals surface area (Å²) in [5.41, 5.74) is 0. The first-order valence-electron chi connectivity index (χ1n) is 7.01. The molecular formula is C14H26O4. The number of hydrogen-bond donors (Lipinski definition) is 0. The second-order valence-electron chi connectivity index (χ2n) is 5.30. The molecule has 4 heteroatoms. The third-order valence-electron chi connectivity index (χ3n) is 2.98. The Bertz CT molecular complexity index is 250. The molecule has 1 rings (SSSR count). The fourth-order valence-corrected chi connectivity index (χ4v) is 1.98. The van der Waals surface area contributed by atoms with Gasteiger partial charge in [-0.1, -0.05) is 32.6 Å². The predicted molar refractivity (Wildman–Crippen MR) is 69.2 cm³/mol. The van der Waals surface area contributed by atoms with Crippen LogP contribution in [0.5, 0.6) is 0 Å². The van der Waals surface area contributed by atoms with Crippen LogP contribution in [-0.4, -0.2) is 31.1 Å². The van der Waals surface area contributed by atoms with Crippen LogP contribution in [0.2, 0.25) is 0 Å². The summed E-state index contributed by atoms with van der Waals surface area (Å²) < 4.78 is 16.1. The summed E-state index contributed by atoms with van der Waals surface area (Å²) in [5, 5.41) is 0. The molecule has 1 heterocycles. The van der Waals surface area contributed by atoms with E-state index in [0.29, 0.717) is 19.6 Å². The van der Waals surface area contributed by atoms with Gasteiger partial charge in [-0.3, -0.25) is 4.79 Å². The standard InChI is InChI=1S/C14H26O4/c1-4-5-6-7-8-9-13(15)16-10-12-11-17-14(2,3)18-12/h12H,4-11H2,1-3H3. The van der Waals surface area contributed by atoms with Crippen LogP contribution in [-0.2, 0) is 19.0 Å². The Kier molecular flexibility index (Phi) is 6.65. The maximum absolute atomic E-state index is 11.5. The van der Waals surface area contributed by atoms with E-state index in [9.17, 15) is 4.79 Å². The number of unbranched alkanes of at least 4 members (excludes halogenated alkanes) is 4. The minimum Gasteiger partial charge on any atom is -0.463 e. The molecule has 0 N–H and O–H groups in total. The van der Waals surface area contributed by atoms with E-state index in [4.69, 9.17) is 14.2 Å². The number of hydrogen-bond acceptors (Lipinski definition) is 4. The molecule has 106 valence electrons. The van der Waals surface area contributed by atoms with Crippen molar-refractivity contribution < 1.29 is 19.0 Å². The first-order chi connectivity index (χ1) is 8.53. The van der Waals surface area contributed by atoms with E-state index in [1.54, 1.807) is 0 Å². The van der Waals surface area contributed by atoms with Crippen LogP contribution < -0.4 is 0 Å². The highest BCUT2D eigenvalue weighted by Gasteiger charge is 2.33. The van der Waals surface area contributed by atoms with Gasteiger partial charge in [-0.15, -0.1) is 0 Å². The summed E-state index contributed by atoms with van der Waals surface area (Å²) in [6.45, 7) is 6.71. The number of carbonyl (C=O) groups excluding carboxylic acids is 1. The van der Waals surface area contributed by atoms with Crippen molar-refractivity contribution >= 4 is 5.97 Å². The summed E-state index contributed by atoms with van der Waals surface area (Å²) >= 11 is 0. The van der Waals surface area contributed by atoms with Crippen LogP contribution in [0.1, 0.15) is 59.3 Å². The van der Waals surface area contributed by atoms with E-state index in [1.165, 1.54) is 19.3 Å². The van der Waals surface area contributed by atoms with E-state index < -0.39 is 5.79 Å². The second-order valence-corrected chi connectivity index (χ2v) is 5.30. The molecule has 0 radical (unpaired) electrons. The Balaban J connectivity index is 2.00. The lowest BCUT2D eigenvalue weighted by Gasteiger charge is -2.16. The molecule has 0 aromatic heterocycles. The molecule has 0 aromatic carbocycles. The van der Waals surface area contributed by atoms with Gasteiger partial charge in [0.15, 0.2) is 5.79 Å². The molecule has 4 nitrogen and oxygen atoms in total. The molecule has 0 saturated carbocycles. The summed E-state index contributed by atoms with van der Waals surface area (Å²) in [5.74, 6) is -0.670. The monoisotopic (exact) mass is 258 g/mol. The van der Waals surface area contributed by atoms with Gasteiger partial charge in [-0.05, 0) is 20.3 Å². The van der Waals surface area contributed by atoms with Crippen LogP contribution >= 0.6 is 0 Å². The summed E-state index contributed by atoms with van der Waals surface area (Å²) in [4.78, 5) is 11.5. The first kappa shape index (κ1) is 15.4. The van der Waals surface area contributed by atoms with E-state index in [0.717, 1.165) is 12.8 Å². The fraction of sp³-hybridized carbons (Fsp3) is 0.929. The minimum atomic E-state index is -0.544. The average Bonchev–Trinajstić information content (AvgIpc) is 2.66. The van der Waals surface area contributed by atoms with Gasteiger partial charge in [0.05, 0.1) is 6.61 Å². The Morgan fingerprint density at radius 1 is 1.28 bits per heavy atom. The van der Waals surface area contributed by atoms with Crippen molar-refractivity contribution in [2.75, 3.05) is 13.2 Å². The Labute approximate surface area is 110 Å². The molecule has 0 spiro atoms. The second kappa shape index (κ2) is 7.74. The lowest BCUT2D eigenvalue weighted by atomic mass is 10.1. The maximum Gasteiger partial charge on any atom is 0.305 e. The Morgan fingerprint density at radius 3 is 2.61 bits per heavy atom. The van der Waals surface area contributed by atoms with Gasteiger partial charge in [0, 0.05) is 6.42 Å². The van der Waals surface area contributed by atoms with Crippen LogP contribution in [0.4, 0.5) is 0 Å². The Morgan fingerprint density at radius 2 is 2.00 bits per heavy atom. The van der Waals surface area contributed by atoms with Crippen molar-refractivity contribution in [1.82, 2.24) is 0 Å². The largest absolute Gasteiger partial charge is 0.463 e. The SMILES string of the molecule is CCCCCCCC(=O)OCC1COC(C)(C)O1. The summed E-state index contributed by atoms with van der Waals surface area (Å²) in [6.07, 6.45) is 6.10. The molecule has 1 aliphatic heterocycles. The van der Waals surface area contributed by atoms with Gasteiger partial charge in [-0.2, -0.15) is 0 Å². The van der Waals surface area contributed by atoms with Gasteiger partial charge in [0.1, 0.15) is 12.7 Å². The molecular weight excluding hydrogens is 232 g/mol.